The van der Waals surface area contributed by atoms with Crippen LogP contribution in [0.5, 0.6) is 0 Å². The molecular weight excluding hydrogens is 384 g/mol. The van der Waals surface area contributed by atoms with Crippen LogP contribution in [0.3, 0.4) is 0 Å². The van der Waals surface area contributed by atoms with Crippen molar-refractivity contribution in [3.8, 4) is 0 Å². The van der Waals surface area contributed by atoms with Crippen LogP contribution in [0.2, 0.25) is 0 Å². The van der Waals surface area contributed by atoms with Crippen LogP contribution in [0.15, 0.2) is 11.6 Å². The molecule has 168 valence electrons. The van der Waals surface area contributed by atoms with E-state index in [0.717, 1.165) is 38.5 Å². The number of aliphatic hydroxyl groups is 2. The lowest BCUT2D eigenvalue weighted by Crippen LogP contribution is -2.61. The minimum absolute atomic E-state index is 0.0601. The standard InChI is InChI=1S/C24H36O6/c1-14(29-4)30-24(20(26)21(27)28)12-9-19-17-6-5-15-13-16(25)7-10-22(15,2)18(17)8-11-23(19,24)3/h13-14,17-19,21,27-28H,5-12H2,1-4H3/t14?,17-,18+,19+,22+,23+,24+/m1/s1. The molecule has 3 saturated carbocycles. The zero-order valence-corrected chi connectivity index (χ0v) is 18.6. The minimum atomic E-state index is -2.05. The molecule has 6 heteroatoms. The number of fused-ring (bicyclic) bond motifs is 5. The number of hydrogen-bond donors (Lipinski definition) is 2. The van der Waals surface area contributed by atoms with Crippen molar-refractivity contribution in [1.82, 2.24) is 0 Å². The summed E-state index contributed by atoms with van der Waals surface area (Å²) in [6.45, 7) is 6.19. The van der Waals surface area contributed by atoms with Gasteiger partial charge in [-0.25, -0.2) is 0 Å². The van der Waals surface area contributed by atoms with Crippen molar-refractivity contribution < 1.29 is 29.3 Å². The summed E-state index contributed by atoms with van der Waals surface area (Å²) in [5.74, 6) is 0.838. The van der Waals surface area contributed by atoms with Crippen molar-refractivity contribution in [2.24, 2.45) is 28.6 Å². The molecule has 30 heavy (non-hydrogen) atoms. The molecule has 4 rings (SSSR count). The van der Waals surface area contributed by atoms with E-state index in [4.69, 9.17) is 9.47 Å². The highest BCUT2D eigenvalue weighted by Crippen LogP contribution is 2.68. The number of carbonyl (C=O) groups excluding carboxylic acids is 2. The Morgan fingerprint density at radius 3 is 2.47 bits per heavy atom. The third kappa shape index (κ3) is 2.98. The van der Waals surface area contributed by atoms with E-state index in [-0.39, 0.29) is 17.1 Å². The smallest absolute Gasteiger partial charge is 0.220 e. The van der Waals surface area contributed by atoms with E-state index in [9.17, 15) is 19.8 Å². The summed E-state index contributed by atoms with van der Waals surface area (Å²) in [7, 11) is 1.53. The monoisotopic (exact) mass is 420 g/mol. The van der Waals surface area contributed by atoms with Crippen molar-refractivity contribution in [3.05, 3.63) is 11.6 Å². The van der Waals surface area contributed by atoms with Crippen LogP contribution in [0, 0.1) is 28.6 Å². The first kappa shape index (κ1) is 22.1. The van der Waals surface area contributed by atoms with Crippen LogP contribution in [0.25, 0.3) is 0 Å². The van der Waals surface area contributed by atoms with Gasteiger partial charge in [0, 0.05) is 18.9 Å². The van der Waals surface area contributed by atoms with Crippen molar-refractivity contribution in [2.75, 3.05) is 7.11 Å². The van der Waals surface area contributed by atoms with Gasteiger partial charge in [0.05, 0.1) is 0 Å². The van der Waals surface area contributed by atoms with Gasteiger partial charge in [-0.3, -0.25) is 9.59 Å². The van der Waals surface area contributed by atoms with E-state index in [1.807, 2.05) is 6.08 Å². The zero-order chi connectivity index (χ0) is 21.9. The molecule has 0 saturated heterocycles. The Morgan fingerprint density at radius 2 is 1.80 bits per heavy atom. The number of ketones is 2. The lowest BCUT2D eigenvalue weighted by atomic mass is 9.46. The van der Waals surface area contributed by atoms with Crippen LogP contribution in [-0.2, 0) is 19.1 Å². The number of Topliss-reactive ketones (excluding diaryl/α,β-unsaturated/α-hetero) is 1. The molecule has 0 aromatic carbocycles. The zero-order valence-electron chi connectivity index (χ0n) is 18.6. The summed E-state index contributed by atoms with van der Waals surface area (Å²) in [5.41, 5.74) is -0.334. The Balaban J connectivity index is 1.70. The quantitative estimate of drug-likeness (QED) is 0.664. The minimum Gasteiger partial charge on any atom is -0.362 e. The van der Waals surface area contributed by atoms with E-state index in [0.29, 0.717) is 24.7 Å². The van der Waals surface area contributed by atoms with Gasteiger partial charge in [0.1, 0.15) is 5.60 Å². The highest BCUT2D eigenvalue weighted by Gasteiger charge is 2.68. The van der Waals surface area contributed by atoms with Gasteiger partial charge in [-0.15, -0.1) is 0 Å². The average molecular weight is 421 g/mol. The molecular formula is C24H36O6. The third-order valence-electron chi connectivity index (χ3n) is 9.41. The summed E-state index contributed by atoms with van der Waals surface area (Å²) in [6.07, 6.45) is 5.82. The Hall–Kier alpha value is -1.08. The Kier molecular flexibility index (Phi) is 5.54. The van der Waals surface area contributed by atoms with Crippen molar-refractivity contribution in [2.45, 2.75) is 90.3 Å². The van der Waals surface area contributed by atoms with Crippen LogP contribution >= 0.6 is 0 Å². The Morgan fingerprint density at radius 1 is 1.10 bits per heavy atom. The number of carbonyl (C=O) groups is 2. The molecule has 0 radical (unpaired) electrons. The van der Waals surface area contributed by atoms with E-state index < -0.39 is 29.4 Å². The molecule has 7 atom stereocenters. The fourth-order valence-corrected chi connectivity index (χ4v) is 7.75. The fourth-order valence-electron chi connectivity index (χ4n) is 7.75. The molecule has 0 heterocycles. The summed E-state index contributed by atoms with van der Waals surface area (Å²) in [5, 5.41) is 19.7. The lowest BCUT2D eigenvalue weighted by Gasteiger charge is -2.59. The predicted molar refractivity (Wildman–Crippen MR) is 110 cm³/mol. The number of ether oxygens (including phenoxy) is 2. The normalized spacial score (nSPS) is 44.2. The largest absolute Gasteiger partial charge is 0.362 e. The van der Waals surface area contributed by atoms with E-state index in [1.54, 1.807) is 6.92 Å². The molecule has 0 amide bonds. The molecule has 4 aliphatic rings. The molecule has 0 aromatic rings. The van der Waals surface area contributed by atoms with E-state index >= 15 is 0 Å². The first-order valence-electron chi connectivity index (χ1n) is 11.4. The van der Waals surface area contributed by atoms with Crippen LogP contribution in [-0.4, -0.2) is 47.1 Å². The van der Waals surface area contributed by atoms with Gasteiger partial charge in [-0.2, -0.15) is 0 Å². The maximum absolute atomic E-state index is 13.1. The number of hydrogen-bond acceptors (Lipinski definition) is 6. The molecule has 6 nitrogen and oxygen atoms in total. The molecule has 0 aliphatic heterocycles. The lowest BCUT2D eigenvalue weighted by molar-refractivity contribution is -0.243. The second-order valence-corrected chi connectivity index (χ2v) is 10.4. The molecule has 2 N–H and O–H groups in total. The van der Waals surface area contributed by atoms with Gasteiger partial charge in [0.15, 0.2) is 12.1 Å². The highest BCUT2D eigenvalue weighted by molar-refractivity contribution is 5.92. The van der Waals surface area contributed by atoms with Gasteiger partial charge >= 0.3 is 0 Å². The van der Waals surface area contributed by atoms with Crippen molar-refractivity contribution >= 4 is 11.6 Å². The molecule has 0 bridgehead atoms. The van der Waals surface area contributed by atoms with Crippen molar-refractivity contribution in [1.29, 1.82) is 0 Å². The second kappa shape index (κ2) is 7.51. The fraction of sp³-hybridized carbons (Fsp3) is 0.833. The highest BCUT2D eigenvalue weighted by atomic mass is 16.7. The molecule has 0 aromatic heterocycles. The van der Waals surface area contributed by atoms with Crippen LogP contribution < -0.4 is 0 Å². The number of aliphatic hydroxyl groups excluding tert-OH is 1. The third-order valence-corrected chi connectivity index (χ3v) is 9.41. The maximum Gasteiger partial charge on any atom is 0.220 e. The second-order valence-electron chi connectivity index (χ2n) is 10.4. The summed E-state index contributed by atoms with van der Waals surface area (Å²) in [6, 6.07) is 0. The Bertz CT molecular complexity index is 759. The molecule has 1 unspecified atom stereocenters. The summed E-state index contributed by atoms with van der Waals surface area (Å²) in [4.78, 5) is 25.2. The molecule has 3 fully saturated rings. The van der Waals surface area contributed by atoms with Gasteiger partial charge in [0.2, 0.25) is 12.1 Å². The van der Waals surface area contributed by atoms with Crippen LogP contribution in [0.1, 0.15) is 72.1 Å². The van der Waals surface area contributed by atoms with Crippen LogP contribution in [0.4, 0.5) is 0 Å². The SMILES string of the molecule is COC(C)O[C@]1(C(=O)C(O)O)CC[C@H]2[C@@H]3CCC4=CC(=O)CC[C@]4(C)[C@H]3CC[C@@]21C. The average Bonchev–Trinajstić information content (AvgIpc) is 3.00. The topological polar surface area (TPSA) is 93.1 Å². The van der Waals surface area contributed by atoms with Crippen molar-refractivity contribution in [3.63, 3.8) is 0 Å². The molecule has 0 spiro atoms. The van der Waals surface area contributed by atoms with Gasteiger partial charge in [0.25, 0.3) is 0 Å². The first-order chi connectivity index (χ1) is 14.1. The van der Waals surface area contributed by atoms with Gasteiger partial charge in [-0.05, 0) is 81.1 Å². The first-order valence-corrected chi connectivity index (χ1v) is 11.4. The maximum atomic E-state index is 13.1. The number of allylic oxidation sites excluding steroid dienone is 1. The van der Waals surface area contributed by atoms with Gasteiger partial charge in [-0.1, -0.05) is 19.4 Å². The number of rotatable bonds is 5. The molecule has 4 aliphatic carbocycles. The predicted octanol–water partition coefficient (Wildman–Crippen LogP) is 3.15. The van der Waals surface area contributed by atoms with E-state index in [2.05, 4.69) is 13.8 Å². The summed E-state index contributed by atoms with van der Waals surface area (Å²) >= 11 is 0. The van der Waals surface area contributed by atoms with Gasteiger partial charge < -0.3 is 19.7 Å². The summed E-state index contributed by atoms with van der Waals surface area (Å²) < 4.78 is 11.5. The number of methoxy groups -OCH3 is 1. The Labute approximate surface area is 179 Å². The van der Waals surface area contributed by atoms with E-state index in [1.165, 1.54) is 12.7 Å².